The summed E-state index contributed by atoms with van der Waals surface area (Å²) in [6.07, 6.45) is 0. The molecule has 0 radical (unpaired) electrons. The standard InChI is InChI=1S/C20H22ClF2N3O2/c21-16-3-1-15(2-4-16)13-25-9-11-26(12-10-25)14-19(27)24-17-5-7-18(8-6-17)28-20(22)23/h1-8,20H,9-14H2,(H,24,27)/p+2. The third kappa shape index (κ3) is 6.44. The van der Waals surface area contributed by atoms with Crippen molar-refractivity contribution in [3.63, 3.8) is 0 Å². The van der Waals surface area contributed by atoms with Gasteiger partial charge in [-0.25, -0.2) is 0 Å². The molecule has 1 amide bonds. The van der Waals surface area contributed by atoms with Gasteiger partial charge in [0.15, 0.2) is 6.54 Å². The van der Waals surface area contributed by atoms with E-state index in [1.807, 2.05) is 12.1 Å². The number of ether oxygens (including phenoxy) is 1. The Kier molecular flexibility index (Phi) is 7.19. The number of carbonyl (C=O) groups is 1. The summed E-state index contributed by atoms with van der Waals surface area (Å²) in [7, 11) is 0. The van der Waals surface area contributed by atoms with Crippen LogP contribution >= 0.6 is 11.6 Å². The van der Waals surface area contributed by atoms with Crippen LogP contribution in [0.25, 0.3) is 0 Å². The molecule has 2 aromatic carbocycles. The van der Waals surface area contributed by atoms with Gasteiger partial charge in [0.1, 0.15) is 38.5 Å². The van der Waals surface area contributed by atoms with Gasteiger partial charge < -0.3 is 19.9 Å². The van der Waals surface area contributed by atoms with E-state index in [0.29, 0.717) is 12.2 Å². The Balaban J connectivity index is 1.40. The molecule has 0 aromatic heterocycles. The van der Waals surface area contributed by atoms with Gasteiger partial charge in [-0.1, -0.05) is 23.7 Å². The van der Waals surface area contributed by atoms with Crippen LogP contribution in [0.15, 0.2) is 48.5 Å². The molecule has 3 N–H and O–H groups in total. The third-order valence-corrected chi connectivity index (χ3v) is 5.06. The van der Waals surface area contributed by atoms with Crippen molar-refractivity contribution in [3.8, 4) is 5.75 Å². The van der Waals surface area contributed by atoms with Gasteiger partial charge in [-0.05, 0) is 36.4 Å². The van der Waals surface area contributed by atoms with Crippen molar-refractivity contribution in [1.82, 2.24) is 0 Å². The topological polar surface area (TPSA) is 47.2 Å². The van der Waals surface area contributed by atoms with Crippen LogP contribution in [0.2, 0.25) is 5.02 Å². The fourth-order valence-electron chi connectivity index (χ4n) is 3.35. The van der Waals surface area contributed by atoms with Crippen LogP contribution in [-0.4, -0.2) is 45.2 Å². The molecule has 5 nitrogen and oxygen atoms in total. The summed E-state index contributed by atoms with van der Waals surface area (Å²) in [5.74, 6) is -0.0166. The number of anilines is 1. The largest absolute Gasteiger partial charge is 0.435 e. The molecule has 1 heterocycles. The molecule has 28 heavy (non-hydrogen) atoms. The Labute approximate surface area is 167 Å². The van der Waals surface area contributed by atoms with Gasteiger partial charge in [0.05, 0.1) is 0 Å². The van der Waals surface area contributed by atoms with Crippen molar-refractivity contribution in [1.29, 1.82) is 0 Å². The maximum absolute atomic E-state index is 12.2. The van der Waals surface area contributed by atoms with Crippen LogP contribution < -0.4 is 19.9 Å². The second-order valence-corrected chi connectivity index (χ2v) is 7.37. The highest BCUT2D eigenvalue weighted by Gasteiger charge is 2.24. The van der Waals surface area contributed by atoms with Crippen LogP contribution in [0.4, 0.5) is 14.5 Å². The summed E-state index contributed by atoms with van der Waals surface area (Å²) in [6.45, 7) is 2.36. The highest BCUT2D eigenvalue weighted by Crippen LogP contribution is 2.17. The van der Waals surface area contributed by atoms with Crippen molar-refractivity contribution in [2.24, 2.45) is 0 Å². The number of benzene rings is 2. The molecule has 0 bridgehead atoms. The number of halogens is 3. The summed E-state index contributed by atoms with van der Waals surface area (Å²) >= 11 is 5.92. The van der Waals surface area contributed by atoms with Crippen molar-refractivity contribution in [2.75, 3.05) is 38.0 Å². The number of piperazine rings is 1. The molecule has 8 heteroatoms. The van der Waals surface area contributed by atoms with Crippen molar-refractivity contribution in [3.05, 3.63) is 59.1 Å². The first-order chi connectivity index (χ1) is 13.5. The molecular formula is C20H24ClF2N3O2+2. The predicted molar refractivity (Wildman–Crippen MR) is 103 cm³/mol. The van der Waals surface area contributed by atoms with E-state index in [-0.39, 0.29) is 11.7 Å². The van der Waals surface area contributed by atoms with Gasteiger partial charge in [-0.15, -0.1) is 0 Å². The van der Waals surface area contributed by atoms with Crippen molar-refractivity contribution >= 4 is 23.2 Å². The van der Waals surface area contributed by atoms with Gasteiger partial charge in [0.25, 0.3) is 5.91 Å². The van der Waals surface area contributed by atoms with Gasteiger partial charge in [-0.3, -0.25) is 4.79 Å². The summed E-state index contributed by atoms with van der Waals surface area (Å²) < 4.78 is 28.6. The summed E-state index contributed by atoms with van der Waals surface area (Å²) in [6, 6.07) is 13.9. The van der Waals surface area contributed by atoms with Gasteiger partial charge >= 0.3 is 6.61 Å². The van der Waals surface area contributed by atoms with E-state index in [4.69, 9.17) is 11.6 Å². The molecular weight excluding hydrogens is 388 g/mol. The van der Waals surface area contributed by atoms with E-state index < -0.39 is 6.61 Å². The summed E-state index contributed by atoms with van der Waals surface area (Å²) in [4.78, 5) is 15.0. The smallest absolute Gasteiger partial charge is 0.387 e. The highest BCUT2D eigenvalue weighted by molar-refractivity contribution is 6.30. The minimum atomic E-state index is -2.86. The lowest BCUT2D eigenvalue weighted by Gasteiger charge is -2.29. The lowest BCUT2D eigenvalue weighted by Crippen LogP contribution is -3.28. The zero-order valence-electron chi connectivity index (χ0n) is 15.4. The van der Waals surface area contributed by atoms with Crippen LogP contribution in [0, 0.1) is 0 Å². The van der Waals surface area contributed by atoms with Crippen molar-refractivity contribution < 1.29 is 28.1 Å². The first-order valence-electron chi connectivity index (χ1n) is 9.24. The lowest BCUT2D eigenvalue weighted by atomic mass is 10.2. The molecule has 0 unspecified atom stereocenters. The highest BCUT2D eigenvalue weighted by atomic mass is 35.5. The second-order valence-electron chi connectivity index (χ2n) is 6.93. The Hall–Kier alpha value is -2.22. The average molecular weight is 412 g/mol. The number of amides is 1. The average Bonchev–Trinajstić information content (AvgIpc) is 2.66. The zero-order valence-corrected chi connectivity index (χ0v) is 16.1. The van der Waals surface area contributed by atoms with Gasteiger partial charge in [0.2, 0.25) is 0 Å². The number of carbonyl (C=O) groups excluding carboxylic acids is 1. The predicted octanol–water partition coefficient (Wildman–Crippen LogP) is 0.864. The Morgan fingerprint density at radius 2 is 1.61 bits per heavy atom. The van der Waals surface area contributed by atoms with E-state index in [0.717, 1.165) is 37.7 Å². The number of alkyl halides is 2. The Bertz CT molecular complexity index is 764. The Morgan fingerprint density at radius 3 is 2.21 bits per heavy atom. The van der Waals surface area contributed by atoms with E-state index in [9.17, 15) is 13.6 Å². The molecule has 0 spiro atoms. The zero-order chi connectivity index (χ0) is 19.9. The number of hydrogen-bond donors (Lipinski definition) is 3. The minimum absolute atomic E-state index is 0.0680. The lowest BCUT2D eigenvalue weighted by molar-refractivity contribution is -1.02. The van der Waals surface area contributed by atoms with Crippen LogP contribution in [0.1, 0.15) is 5.56 Å². The monoisotopic (exact) mass is 411 g/mol. The van der Waals surface area contributed by atoms with Crippen LogP contribution in [-0.2, 0) is 11.3 Å². The second kappa shape index (κ2) is 9.82. The molecule has 0 aliphatic carbocycles. The molecule has 2 aromatic rings. The van der Waals surface area contributed by atoms with E-state index in [1.54, 1.807) is 12.1 Å². The first-order valence-corrected chi connectivity index (χ1v) is 9.62. The van der Waals surface area contributed by atoms with Crippen LogP contribution in [0.3, 0.4) is 0 Å². The fourth-order valence-corrected chi connectivity index (χ4v) is 3.48. The molecule has 1 saturated heterocycles. The van der Waals surface area contributed by atoms with E-state index >= 15 is 0 Å². The number of quaternary nitrogens is 2. The fraction of sp³-hybridized carbons (Fsp3) is 0.350. The van der Waals surface area contributed by atoms with E-state index in [2.05, 4.69) is 22.2 Å². The maximum Gasteiger partial charge on any atom is 0.387 e. The molecule has 1 aliphatic rings. The van der Waals surface area contributed by atoms with Gasteiger partial charge in [-0.2, -0.15) is 8.78 Å². The number of hydrogen-bond acceptors (Lipinski definition) is 2. The summed E-state index contributed by atoms with van der Waals surface area (Å²) in [5, 5.41) is 3.55. The maximum atomic E-state index is 12.2. The Morgan fingerprint density at radius 1 is 1.00 bits per heavy atom. The third-order valence-electron chi connectivity index (χ3n) is 4.81. The number of rotatable bonds is 7. The minimum Gasteiger partial charge on any atom is -0.435 e. The van der Waals surface area contributed by atoms with Gasteiger partial charge in [0, 0.05) is 16.3 Å². The molecule has 150 valence electrons. The molecule has 0 atom stereocenters. The van der Waals surface area contributed by atoms with Crippen molar-refractivity contribution in [2.45, 2.75) is 13.2 Å². The van der Waals surface area contributed by atoms with E-state index in [1.165, 1.54) is 27.5 Å². The molecule has 3 rings (SSSR count). The normalized spacial score (nSPS) is 19.4. The summed E-state index contributed by atoms with van der Waals surface area (Å²) in [5.41, 5.74) is 1.83. The number of nitrogens with one attached hydrogen (secondary N) is 3. The molecule has 1 fully saturated rings. The quantitative estimate of drug-likeness (QED) is 0.633. The SMILES string of the molecule is O=C(C[NH+]1CC[NH+](Cc2ccc(Cl)cc2)CC1)Nc1ccc(OC(F)F)cc1. The first kappa shape index (κ1) is 20.5. The van der Waals surface area contributed by atoms with Crippen LogP contribution in [0.5, 0.6) is 5.75 Å². The molecule has 1 aliphatic heterocycles. The molecule has 0 saturated carbocycles.